The van der Waals surface area contributed by atoms with E-state index in [0.29, 0.717) is 0 Å². The Hall–Kier alpha value is -1.36. The summed E-state index contributed by atoms with van der Waals surface area (Å²) >= 11 is 3.34. The van der Waals surface area contributed by atoms with Crippen molar-refractivity contribution in [3.63, 3.8) is 0 Å². The van der Waals surface area contributed by atoms with Crippen molar-refractivity contribution < 1.29 is 14.3 Å². The molecule has 2 aromatic rings. The first-order chi connectivity index (χ1) is 6.27. The third kappa shape index (κ3) is 1.55. The van der Waals surface area contributed by atoms with Crippen molar-refractivity contribution in [1.82, 2.24) is 5.27 Å². The number of rotatable bonds is 1. The van der Waals surface area contributed by atoms with Gasteiger partial charge in [0.2, 0.25) is 6.20 Å². The van der Waals surface area contributed by atoms with Gasteiger partial charge >= 0.3 is 0 Å². The average Bonchev–Trinajstić information content (AvgIpc) is 2.53. The molecular formula is C8H5BrN2O2. The molecule has 0 fully saturated rings. The van der Waals surface area contributed by atoms with Crippen LogP contribution < -0.4 is 9.79 Å². The van der Waals surface area contributed by atoms with Gasteiger partial charge in [-0.25, -0.2) is 0 Å². The van der Waals surface area contributed by atoms with Crippen LogP contribution in [0.5, 0.6) is 5.95 Å². The summed E-state index contributed by atoms with van der Waals surface area (Å²) < 4.78 is 6.65. The standard InChI is InChI=1S/C8H5BrN2O2/c9-6-3-1-2-4-7(6)11-5-8(12)13-10-11/h1-5H. The van der Waals surface area contributed by atoms with Crippen LogP contribution in [0.25, 0.3) is 5.69 Å². The second-order valence-electron chi connectivity index (χ2n) is 2.42. The quantitative estimate of drug-likeness (QED) is 0.693. The highest BCUT2D eigenvalue weighted by Gasteiger charge is 2.11. The third-order valence-electron chi connectivity index (χ3n) is 1.55. The van der Waals surface area contributed by atoms with Crippen LogP contribution in [-0.4, -0.2) is 5.27 Å². The topological polar surface area (TPSA) is 53.0 Å². The van der Waals surface area contributed by atoms with E-state index in [9.17, 15) is 5.11 Å². The predicted octanol–water partition coefficient (Wildman–Crippen LogP) is 0.787. The summed E-state index contributed by atoms with van der Waals surface area (Å²) in [5, 5.41) is 14.3. The molecule has 0 saturated heterocycles. The number of halogens is 1. The number of nitrogens with zero attached hydrogens (tertiary/aromatic N) is 2. The van der Waals surface area contributed by atoms with E-state index in [0.717, 1.165) is 10.2 Å². The van der Waals surface area contributed by atoms with Crippen LogP contribution in [0.15, 0.2) is 39.5 Å². The maximum absolute atomic E-state index is 10.7. The number of aromatic nitrogens is 2. The van der Waals surface area contributed by atoms with Gasteiger partial charge in [-0.3, -0.25) is 0 Å². The summed E-state index contributed by atoms with van der Waals surface area (Å²) in [4.78, 5) is 0. The van der Waals surface area contributed by atoms with Gasteiger partial charge in [0.25, 0.3) is 5.69 Å². The first-order valence-electron chi connectivity index (χ1n) is 3.58. The SMILES string of the molecule is [O-]c1c[n+](-c2ccccc2Br)no1. The molecule has 0 spiro atoms. The highest BCUT2D eigenvalue weighted by Crippen LogP contribution is 2.15. The van der Waals surface area contributed by atoms with Crippen LogP contribution in [0.4, 0.5) is 0 Å². The first kappa shape index (κ1) is 8.25. The molecule has 0 amide bonds. The van der Waals surface area contributed by atoms with E-state index >= 15 is 0 Å². The minimum atomic E-state index is -0.462. The van der Waals surface area contributed by atoms with E-state index in [1.807, 2.05) is 24.3 Å². The minimum absolute atomic E-state index is 0.462. The lowest BCUT2D eigenvalue weighted by atomic mass is 10.3. The summed E-state index contributed by atoms with van der Waals surface area (Å²) in [6.07, 6.45) is 1.28. The maximum Gasteiger partial charge on any atom is 0.253 e. The zero-order chi connectivity index (χ0) is 9.26. The lowest BCUT2D eigenvalue weighted by Gasteiger charge is -1.90. The molecule has 0 radical (unpaired) electrons. The van der Waals surface area contributed by atoms with E-state index in [2.05, 4.69) is 25.7 Å². The highest BCUT2D eigenvalue weighted by molar-refractivity contribution is 9.10. The van der Waals surface area contributed by atoms with Crippen molar-refractivity contribution in [2.45, 2.75) is 0 Å². The Morgan fingerprint density at radius 1 is 1.38 bits per heavy atom. The van der Waals surface area contributed by atoms with Gasteiger partial charge in [-0.05, 0) is 26.7 Å². The Balaban J connectivity index is 2.52. The van der Waals surface area contributed by atoms with Crippen molar-refractivity contribution in [2.75, 3.05) is 0 Å². The van der Waals surface area contributed by atoms with E-state index < -0.39 is 5.95 Å². The Labute approximate surface area is 82.5 Å². The maximum atomic E-state index is 10.7. The van der Waals surface area contributed by atoms with Crippen molar-refractivity contribution >= 4 is 15.9 Å². The zero-order valence-electron chi connectivity index (χ0n) is 6.48. The predicted molar refractivity (Wildman–Crippen MR) is 45.2 cm³/mol. The van der Waals surface area contributed by atoms with Crippen molar-refractivity contribution in [3.05, 3.63) is 34.9 Å². The van der Waals surface area contributed by atoms with Crippen LogP contribution in [0.2, 0.25) is 0 Å². The Morgan fingerprint density at radius 2 is 2.15 bits per heavy atom. The van der Waals surface area contributed by atoms with Gasteiger partial charge in [0.05, 0.1) is 9.74 Å². The second kappa shape index (κ2) is 3.18. The van der Waals surface area contributed by atoms with Crippen molar-refractivity contribution in [1.29, 1.82) is 0 Å². The number of benzene rings is 1. The van der Waals surface area contributed by atoms with Gasteiger partial charge in [-0.15, -0.1) is 0 Å². The van der Waals surface area contributed by atoms with Gasteiger partial charge in [0.15, 0.2) is 0 Å². The van der Waals surface area contributed by atoms with Crippen LogP contribution in [0.1, 0.15) is 0 Å². The molecule has 5 heteroatoms. The van der Waals surface area contributed by atoms with Crippen molar-refractivity contribution in [3.8, 4) is 11.6 Å². The average molecular weight is 241 g/mol. The molecule has 0 unspecified atom stereocenters. The molecule has 1 heterocycles. The van der Waals surface area contributed by atoms with Crippen molar-refractivity contribution in [2.24, 2.45) is 0 Å². The molecule has 0 aliphatic rings. The number of hydrogen-bond acceptors (Lipinski definition) is 3. The van der Waals surface area contributed by atoms with E-state index in [-0.39, 0.29) is 0 Å². The number of para-hydroxylation sites is 1. The van der Waals surface area contributed by atoms with Gasteiger partial charge in [-0.2, -0.15) is 0 Å². The molecule has 0 atom stereocenters. The lowest BCUT2D eigenvalue weighted by Crippen LogP contribution is -2.31. The Bertz CT molecular complexity index is 428. The molecule has 66 valence electrons. The zero-order valence-corrected chi connectivity index (χ0v) is 8.06. The molecule has 2 rings (SSSR count). The molecule has 0 aliphatic heterocycles. The smallest absolute Gasteiger partial charge is 0.253 e. The van der Waals surface area contributed by atoms with Gasteiger partial charge < -0.3 is 9.63 Å². The molecule has 0 bridgehead atoms. The molecule has 13 heavy (non-hydrogen) atoms. The summed E-state index contributed by atoms with van der Waals surface area (Å²) in [6.45, 7) is 0. The van der Waals surface area contributed by atoms with E-state index in [1.54, 1.807) is 0 Å². The number of hydrogen-bond donors (Lipinski definition) is 0. The van der Waals surface area contributed by atoms with Crippen LogP contribution >= 0.6 is 15.9 Å². The monoisotopic (exact) mass is 240 g/mol. The fourth-order valence-electron chi connectivity index (χ4n) is 0.982. The van der Waals surface area contributed by atoms with Gasteiger partial charge in [-0.1, -0.05) is 12.1 Å². The fourth-order valence-corrected chi connectivity index (χ4v) is 1.45. The minimum Gasteiger partial charge on any atom is -0.539 e. The third-order valence-corrected chi connectivity index (χ3v) is 2.22. The largest absolute Gasteiger partial charge is 0.539 e. The molecular weight excluding hydrogens is 236 g/mol. The van der Waals surface area contributed by atoms with Gasteiger partial charge in [0, 0.05) is 6.07 Å². The lowest BCUT2D eigenvalue weighted by molar-refractivity contribution is -0.671. The Morgan fingerprint density at radius 3 is 2.77 bits per heavy atom. The molecule has 4 nitrogen and oxygen atoms in total. The fraction of sp³-hybridized carbons (Fsp3) is 0. The van der Waals surface area contributed by atoms with Crippen LogP contribution in [0, 0.1) is 0 Å². The molecule has 1 aromatic heterocycles. The first-order valence-corrected chi connectivity index (χ1v) is 4.37. The highest BCUT2D eigenvalue weighted by atomic mass is 79.9. The van der Waals surface area contributed by atoms with E-state index in [4.69, 9.17) is 0 Å². The second-order valence-corrected chi connectivity index (χ2v) is 3.27. The normalized spacial score (nSPS) is 10.2. The molecule has 1 aromatic carbocycles. The van der Waals surface area contributed by atoms with Crippen LogP contribution in [0.3, 0.4) is 0 Å². The van der Waals surface area contributed by atoms with Gasteiger partial charge in [0.1, 0.15) is 5.95 Å². The molecule has 0 N–H and O–H groups in total. The Kier molecular flexibility index (Phi) is 2.02. The van der Waals surface area contributed by atoms with Crippen LogP contribution in [-0.2, 0) is 0 Å². The van der Waals surface area contributed by atoms with E-state index in [1.165, 1.54) is 10.9 Å². The molecule has 0 saturated carbocycles. The molecule has 0 aliphatic carbocycles. The summed E-state index contributed by atoms with van der Waals surface area (Å²) in [7, 11) is 0. The summed E-state index contributed by atoms with van der Waals surface area (Å²) in [5.74, 6) is -0.462. The summed E-state index contributed by atoms with van der Waals surface area (Å²) in [6, 6.07) is 7.42. The summed E-state index contributed by atoms with van der Waals surface area (Å²) in [5.41, 5.74) is 0.772.